The van der Waals surface area contributed by atoms with E-state index in [0.29, 0.717) is 0 Å². The number of hydrogen-bond acceptors (Lipinski definition) is 3. The van der Waals surface area contributed by atoms with Crippen LogP contribution in [0.5, 0.6) is 5.75 Å². The van der Waals surface area contributed by atoms with Crippen molar-refractivity contribution in [2.75, 3.05) is 7.11 Å². The molecule has 0 radical (unpaired) electrons. The number of methoxy groups -OCH3 is 1. The van der Waals surface area contributed by atoms with Crippen molar-refractivity contribution >= 4 is 11.3 Å². The van der Waals surface area contributed by atoms with Gasteiger partial charge in [-0.15, -0.1) is 11.3 Å². The van der Waals surface area contributed by atoms with Crippen LogP contribution < -0.4 is 10.5 Å². The van der Waals surface area contributed by atoms with Gasteiger partial charge in [-0.2, -0.15) is 0 Å². The molecule has 1 aromatic heterocycles. The molecule has 2 aromatic rings. The molecule has 20 heavy (non-hydrogen) atoms. The Morgan fingerprint density at radius 3 is 2.90 bits per heavy atom. The molecule has 0 spiro atoms. The van der Waals surface area contributed by atoms with Crippen LogP contribution in [-0.4, -0.2) is 7.11 Å². The first kappa shape index (κ1) is 13.7. The van der Waals surface area contributed by atoms with Crippen LogP contribution in [0.25, 0.3) is 0 Å². The standard InChI is InChI=1S/C17H21NOS/c1-19-14-7-4-5-12(9-14)10-15(18)17-11-13-6-2-3-8-16(13)20-17/h4-5,7,9,11,15H,2-3,6,8,10,18H2,1H3. The summed E-state index contributed by atoms with van der Waals surface area (Å²) in [5.74, 6) is 0.903. The molecule has 1 aromatic carbocycles. The molecular weight excluding hydrogens is 266 g/mol. The lowest BCUT2D eigenvalue weighted by molar-refractivity contribution is 0.414. The van der Waals surface area contributed by atoms with Gasteiger partial charge in [0.05, 0.1) is 7.11 Å². The van der Waals surface area contributed by atoms with Crippen LogP contribution >= 0.6 is 11.3 Å². The molecular formula is C17H21NOS. The topological polar surface area (TPSA) is 35.2 Å². The first-order valence-electron chi connectivity index (χ1n) is 7.26. The van der Waals surface area contributed by atoms with Crippen LogP contribution in [0.15, 0.2) is 30.3 Å². The highest BCUT2D eigenvalue weighted by Crippen LogP contribution is 2.33. The maximum Gasteiger partial charge on any atom is 0.119 e. The normalized spacial score (nSPS) is 15.7. The lowest BCUT2D eigenvalue weighted by Gasteiger charge is -2.10. The highest BCUT2D eigenvalue weighted by atomic mass is 32.1. The molecule has 1 unspecified atom stereocenters. The summed E-state index contributed by atoms with van der Waals surface area (Å²) in [6.07, 6.45) is 6.01. The predicted octanol–water partition coefficient (Wildman–Crippen LogP) is 3.88. The summed E-state index contributed by atoms with van der Waals surface area (Å²) in [7, 11) is 1.70. The number of fused-ring (bicyclic) bond motifs is 1. The summed E-state index contributed by atoms with van der Waals surface area (Å²) >= 11 is 1.92. The van der Waals surface area contributed by atoms with Crippen LogP contribution in [0.1, 0.15) is 39.8 Å². The van der Waals surface area contributed by atoms with E-state index in [0.717, 1.165) is 12.2 Å². The Labute approximate surface area is 124 Å². The van der Waals surface area contributed by atoms with Gasteiger partial charge in [0.25, 0.3) is 0 Å². The summed E-state index contributed by atoms with van der Waals surface area (Å²) in [6, 6.07) is 10.6. The van der Waals surface area contributed by atoms with Crippen molar-refractivity contribution in [3.05, 3.63) is 51.2 Å². The van der Waals surface area contributed by atoms with Gasteiger partial charge in [0.15, 0.2) is 0 Å². The molecule has 1 aliphatic carbocycles. The van der Waals surface area contributed by atoms with Crippen molar-refractivity contribution in [1.29, 1.82) is 0 Å². The molecule has 0 saturated heterocycles. The van der Waals surface area contributed by atoms with Gasteiger partial charge < -0.3 is 10.5 Å². The van der Waals surface area contributed by atoms with Gasteiger partial charge in [0.2, 0.25) is 0 Å². The number of thiophene rings is 1. The van der Waals surface area contributed by atoms with E-state index in [1.54, 1.807) is 12.0 Å². The highest BCUT2D eigenvalue weighted by molar-refractivity contribution is 7.12. The van der Waals surface area contributed by atoms with E-state index in [2.05, 4.69) is 18.2 Å². The monoisotopic (exact) mass is 287 g/mol. The number of nitrogens with two attached hydrogens (primary N) is 1. The van der Waals surface area contributed by atoms with E-state index >= 15 is 0 Å². The first-order valence-corrected chi connectivity index (χ1v) is 8.08. The average Bonchev–Trinajstić information content (AvgIpc) is 2.91. The van der Waals surface area contributed by atoms with Gasteiger partial charge in [-0.1, -0.05) is 12.1 Å². The zero-order valence-corrected chi connectivity index (χ0v) is 12.7. The van der Waals surface area contributed by atoms with E-state index in [9.17, 15) is 0 Å². The summed E-state index contributed by atoms with van der Waals surface area (Å²) in [5.41, 5.74) is 9.18. The molecule has 1 aliphatic rings. The summed E-state index contributed by atoms with van der Waals surface area (Å²) < 4.78 is 5.27. The molecule has 0 saturated carbocycles. The minimum Gasteiger partial charge on any atom is -0.497 e. The van der Waals surface area contributed by atoms with Gasteiger partial charge >= 0.3 is 0 Å². The molecule has 0 aliphatic heterocycles. The van der Waals surface area contributed by atoms with Gasteiger partial charge in [-0.05, 0) is 61.4 Å². The molecule has 1 heterocycles. The second kappa shape index (κ2) is 5.98. The Morgan fingerprint density at radius 2 is 2.10 bits per heavy atom. The third kappa shape index (κ3) is 2.89. The van der Waals surface area contributed by atoms with Crippen molar-refractivity contribution in [3.63, 3.8) is 0 Å². The lowest BCUT2D eigenvalue weighted by Crippen LogP contribution is -2.11. The highest BCUT2D eigenvalue weighted by Gasteiger charge is 2.17. The van der Waals surface area contributed by atoms with E-state index in [-0.39, 0.29) is 6.04 Å². The Balaban J connectivity index is 1.75. The molecule has 3 rings (SSSR count). The molecule has 106 valence electrons. The third-order valence-corrected chi connectivity index (χ3v) is 5.34. The quantitative estimate of drug-likeness (QED) is 0.926. The second-order valence-corrected chi connectivity index (χ2v) is 6.63. The van der Waals surface area contributed by atoms with Crippen molar-refractivity contribution in [1.82, 2.24) is 0 Å². The first-order chi connectivity index (χ1) is 9.76. The fourth-order valence-electron chi connectivity index (χ4n) is 2.85. The number of ether oxygens (including phenoxy) is 1. The molecule has 0 amide bonds. The van der Waals surface area contributed by atoms with E-state index in [1.165, 1.54) is 41.7 Å². The minimum absolute atomic E-state index is 0.0951. The minimum atomic E-state index is 0.0951. The Hall–Kier alpha value is -1.32. The summed E-state index contributed by atoms with van der Waals surface area (Å²) in [4.78, 5) is 2.90. The van der Waals surface area contributed by atoms with Gasteiger partial charge in [-0.3, -0.25) is 0 Å². The second-order valence-electron chi connectivity index (χ2n) is 5.47. The van der Waals surface area contributed by atoms with Crippen LogP contribution in [0.4, 0.5) is 0 Å². The third-order valence-electron chi connectivity index (χ3n) is 3.97. The van der Waals surface area contributed by atoms with E-state index < -0.39 is 0 Å². The Kier molecular flexibility index (Phi) is 4.08. The van der Waals surface area contributed by atoms with E-state index in [4.69, 9.17) is 10.5 Å². The number of aryl methyl sites for hydroxylation is 2. The number of rotatable bonds is 4. The fraction of sp³-hybridized carbons (Fsp3) is 0.412. The van der Waals surface area contributed by atoms with Crippen molar-refractivity contribution < 1.29 is 4.74 Å². The van der Waals surface area contributed by atoms with Gasteiger partial charge in [0, 0.05) is 15.8 Å². The Bertz CT molecular complexity index is 567. The average molecular weight is 287 g/mol. The van der Waals surface area contributed by atoms with Gasteiger partial charge in [-0.25, -0.2) is 0 Å². The van der Waals surface area contributed by atoms with Crippen LogP contribution in [0.2, 0.25) is 0 Å². The fourth-order valence-corrected chi connectivity index (χ4v) is 4.11. The lowest BCUT2D eigenvalue weighted by atomic mass is 9.98. The largest absolute Gasteiger partial charge is 0.497 e. The molecule has 0 fully saturated rings. The molecule has 0 bridgehead atoms. The number of hydrogen-bond donors (Lipinski definition) is 1. The van der Waals surface area contributed by atoms with Crippen molar-refractivity contribution in [3.8, 4) is 5.75 Å². The van der Waals surface area contributed by atoms with Crippen LogP contribution in [0, 0.1) is 0 Å². The van der Waals surface area contributed by atoms with Gasteiger partial charge in [0.1, 0.15) is 5.75 Å². The molecule has 2 N–H and O–H groups in total. The SMILES string of the molecule is COc1cccc(CC(N)c2cc3c(s2)CCCC3)c1. The van der Waals surface area contributed by atoms with Crippen LogP contribution in [0.3, 0.4) is 0 Å². The zero-order chi connectivity index (χ0) is 13.9. The molecule has 3 heteroatoms. The molecule has 1 atom stereocenters. The zero-order valence-electron chi connectivity index (χ0n) is 11.9. The maximum absolute atomic E-state index is 6.40. The van der Waals surface area contributed by atoms with Crippen molar-refractivity contribution in [2.24, 2.45) is 5.73 Å². The van der Waals surface area contributed by atoms with Crippen molar-refractivity contribution in [2.45, 2.75) is 38.1 Å². The van der Waals surface area contributed by atoms with Crippen LogP contribution in [-0.2, 0) is 19.3 Å². The summed E-state index contributed by atoms with van der Waals surface area (Å²) in [5, 5.41) is 0. The van der Waals surface area contributed by atoms with E-state index in [1.807, 2.05) is 23.5 Å². The summed E-state index contributed by atoms with van der Waals surface area (Å²) in [6.45, 7) is 0. The maximum atomic E-state index is 6.40. The Morgan fingerprint density at radius 1 is 1.25 bits per heavy atom. The molecule has 2 nitrogen and oxygen atoms in total. The number of benzene rings is 1. The predicted molar refractivity (Wildman–Crippen MR) is 84.6 cm³/mol. The smallest absolute Gasteiger partial charge is 0.119 e.